The summed E-state index contributed by atoms with van der Waals surface area (Å²) in [6, 6.07) is 19.0. The zero-order valence-corrected chi connectivity index (χ0v) is 13.0. The third-order valence-corrected chi connectivity index (χ3v) is 4.01. The Bertz CT molecular complexity index is 499. The Labute approximate surface area is 119 Å². The molecule has 0 fully saturated rings. The Kier molecular flexibility index (Phi) is 5.48. The summed E-state index contributed by atoms with van der Waals surface area (Å²) in [7, 11) is 5.15. The molecule has 2 aromatic rings. The summed E-state index contributed by atoms with van der Waals surface area (Å²) < 4.78 is 1.89. The number of nitrogens with zero attached hydrogens (tertiary/aromatic N) is 1. The van der Waals surface area contributed by atoms with Gasteiger partial charge in [0.15, 0.2) is 0 Å². The molecule has 1 N–H and O–H groups in total. The summed E-state index contributed by atoms with van der Waals surface area (Å²) in [6.07, 6.45) is 0.832. The van der Waals surface area contributed by atoms with Crippen LogP contribution in [0.15, 0.2) is 54.6 Å². The van der Waals surface area contributed by atoms with Gasteiger partial charge in [-0.2, -0.15) is 0 Å². The van der Waals surface area contributed by atoms with E-state index in [4.69, 9.17) is 0 Å². The number of aliphatic hydroxyl groups excluding tert-OH is 1. The molecule has 0 aliphatic carbocycles. The van der Waals surface area contributed by atoms with Crippen LogP contribution in [-0.4, -0.2) is 22.2 Å². The Morgan fingerprint density at radius 2 is 1.47 bits per heavy atom. The highest BCUT2D eigenvalue weighted by Gasteiger charge is 2.11. The van der Waals surface area contributed by atoms with Crippen LogP contribution in [0.1, 0.15) is 5.56 Å². The molecular formula is C15H19NOP2. The minimum absolute atomic E-state index is 0.109. The normalized spacial score (nSPS) is 12.6. The molecule has 0 aliphatic rings. The van der Waals surface area contributed by atoms with Gasteiger partial charge in [0.05, 0.1) is 6.61 Å². The maximum Gasteiger partial charge on any atom is 0.0596 e. The maximum atomic E-state index is 9.32. The highest BCUT2D eigenvalue weighted by atomic mass is 31.1. The fourth-order valence-electron chi connectivity index (χ4n) is 2.00. The van der Waals surface area contributed by atoms with Crippen LogP contribution in [0.3, 0.4) is 0 Å². The quantitative estimate of drug-likeness (QED) is 0.856. The number of aliphatic hydroxyl groups is 1. The van der Waals surface area contributed by atoms with E-state index in [2.05, 4.69) is 55.2 Å². The lowest BCUT2D eigenvalue weighted by Crippen LogP contribution is -2.25. The van der Waals surface area contributed by atoms with E-state index in [1.54, 1.807) is 0 Å². The van der Waals surface area contributed by atoms with Crippen molar-refractivity contribution in [3.05, 3.63) is 60.2 Å². The molecule has 0 saturated heterocycles. The van der Waals surface area contributed by atoms with Gasteiger partial charge in [-0.25, -0.2) is 0 Å². The van der Waals surface area contributed by atoms with Crippen molar-refractivity contribution in [2.24, 2.45) is 0 Å². The fraction of sp³-hybridized carbons (Fsp3) is 0.200. The van der Waals surface area contributed by atoms with E-state index in [9.17, 15) is 5.11 Å². The average Bonchev–Trinajstić information content (AvgIpc) is 2.46. The van der Waals surface area contributed by atoms with E-state index in [0.29, 0.717) is 0 Å². The second kappa shape index (κ2) is 7.12. The van der Waals surface area contributed by atoms with Crippen molar-refractivity contribution in [3.63, 3.8) is 0 Å². The first kappa shape index (κ1) is 14.6. The molecular weight excluding hydrogens is 272 g/mol. The molecule has 2 nitrogen and oxygen atoms in total. The Balaban J connectivity index is 2.11. The van der Waals surface area contributed by atoms with Crippen molar-refractivity contribution < 1.29 is 5.11 Å². The summed E-state index contributed by atoms with van der Waals surface area (Å²) in [6.45, 7) is 0.146. The van der Waals surface area contributed by atoms with Crippen LogP contribution >= 0.6 is 18.8 Å². The van der Waals surface area contributed by atoms with Crippen molar-refractivity contribution in [3.8, 4) is 11.1 Å². The lowest BCUT2D eigenvalue weighted by Gasteiger charge is -2.21. The fourth-order valence-corrected chi connectivity index (χ4v) is 2.40. The lowest BCUT2D eigenvalue weighted by atomic mass is 10.0. The Morgan fingerprint density at radius 1 is 0.895 bits per heavy atom. The van der Waals surface area contributed by atoms with E-state index in [1.807, 2.05) is 22.6 Å². The van der Waals surface area contributed by atoms with Crippen LogP contribution in [0.4, 0.5) is 0 Å². The second-order valence-electron chi connectivity index (χ2n) is 4.55. The molecule has 0 saturated carbocycles. The molecule has 2 unspecified atom stereocenters. The molecule has 0 spiro atoms. The first-order chi connectivity index (χ1) is 9.20. The summed E-state index contributed by atoms with van der Waals surface area (Å²) in [5.41, 5.74) is 3.68. The summed E-state index contributed by atoms with van der Waals surface area (Å²) >= 11 is 0. The van der Waals surface area contributed by atoms with Crippen molar-refractivity contribution in [1.29, 1.82) is 0 Å². The van der Waals surface area contributed by atoms with Gasteiger partial charge in [-0.05, 0) is 23.1 Å². The SMILES string of the molecule is OC[C@@H](Cc1ccc(-c2ccccc2)cc1)N(P)P. The van der Waals surface area contributed by atoms with Gasteiger partial charge in [-0.15, -0.1) is 0 Å². The van der Waals surface area contributed by atoms with E-state index >= 15 is 0 Å². The largest absolute Gasteiger partial charge is 0.395 e. The molecule has 0 radical (unpaired) electrons. The summed E-state index contributed by atoms with van der Waals surface area (Å²) in [5, 5.41) is 9.32. The van der Waals surface area contributed by atoms with E-state index in [0.717, 1.165) is 6.42 Å². The Morgan fingerprint density at radius 3 is 2.00 bits per heavy atom. The molecule has 4 heteroatoms. The van der Waals surface area contributed by atoms with Crippen LogP contribution in [0.2, 0.25) is 0 Å². The van der Waals surface area contributed by atoms with Gasteiger partial charge in [-0.3, -0.25) is 4.44 Å². The second-order valence-corrected chi connectivity index (χ2v) is 6.34. The van der Waals surface area contributed by atoms with Crippen molar-refractivity contribution in [2.75, 3.05) is 6.61 Å². The van der Waals surface area contributed by atoms with E-state index in [-0.39, 0.29) is 12.6 Å². The molecule has 100 valence electrons. The van der Waals surface area contributed by atoms with Gasteiger partial charge in [0.1, 0.15) is 0 Å². The van der Waals surface area contributed by atoms with Gasteiger partial charge in [0.2, 0.25) is 0 Å². The highest BCUT2D eigenvalue weighted by molar-refractivity contribution is 7.30. The molecule has 0 heterocycles. The molecule has 0 amide bonds. The Hall–Kier alpha value is -0.780. The van der Waals surface area contributed by atoms with Crippen molar-refractivity contribution >= 4 is 18.8 Å². The van der Waals surface area contributed by atoms with E-state index in [1.165, 1.54) is 16.7 Å². The third-order valence-electron chi connectivity index (χ3n) is 3.16. The molecule has 0 bridgehead atoms. The van der Waals surface area contributed by atoms with Crippen LogP contribution in [-0.2, 0) is 6.42 Å². The minimum Gasteiger partial charge on any atom is -0.395 e. The van der Waals surface area contributed by atoms with Crippen LogP contribution in [0, 0.1) is 0 Å². The summed E-state index contributed by atoms with van der Waals surface area (Å²) in [5.74, 6) is 0. The van der Waals surface area contributed by atoms with Gasteiger partial charge in [0.25, 0.3) is 0 Å². The molecule has 0 aliphatic heterocycles. The van der Waals surface area contributed by atoms with Crippen LogP contribution in [0.5, 0.6) is 0 Å². The van der Waals surface area contributed by atoms with Gasteiger partial charge >= 0.3 is 0 Å². The first-order valence-corrected chi connectivity index (χ1v) is 7.28. The molecule has 2 aromatic carbocycles. The number of hydrogen-bond donors (Lipinski definition) is 1. The van der Waals surface area contributed by atoms with Crippen LogP contribution in [0.25, 0.3) is 11.1 Å². The average molecular weight is 291 g/mol. The predicted octanol–water partition coefficient (Wildman–Crippen LogP) is 3.14. The van der Waals surface area contributed by atoms with E-state index < -0.39 is 0 Å². The molecule has 19 heavy (non-hydrogen) atoms. The van der Waals surface area contributed by atoms with Gasteiger partial charge in [-0.1, -0.05) is 73.4 Å². The first-order valence-electron chi connectivity index (χ1n) is 6.24. The van der Waals surface area contributed by atoms with Crippen molar-refractivity contribution in [1.82, 2.24) is 4.44 Å². The third kappa shape index (κ3) is 4.09. The number of benzene rings is 2. The monoisotopic (exact) mass is 291 g/mol. The lowest BCUT2D eigenvalue weighted by molar-refractivity contribution is 0.233. The zero-order valence-electron chi connectivity index (χ0n) is 10.7. The maximum absolute atomic E-state index is 9.32. The minimum atomic E-state index is 0.109. The predicted molar refractivity (Wildman–Crippen MR) is 87.7 cm³/mol. The summed E-state index contributed by atoms with van der Waals surface area (Å²) in [4.78, 5) is 0. The topological polar surface area (TPSA) is 23.5 Å². The zero-order chi connectivity index (χ0) is 13.7. The smallest absolute Gasteiger partial charge is 0.0596 e. The highest BCUT2D eigenvalue weighted by Crippen LogP contribution is 2.21. The van der Waals surface area contributed by atoms with Gasteiger partial charge < -0.3 is 5.11 Å². The molecule has 3 atom stereocenters. The number of rotatable bonds is 5. The van der Waals surface area contributed by atoms with Crippen LogP contribution < -0.4 is 0 Å². The van der Waals surface area contributed by atoms with Crippen molar-refractivity contribution in [2.45, 2.75) is 12.5 Å². The number of hydrogen-bond acceptors (Lipinski definition) is 2. The molecule has 2 rings (SSSR count). The standard InChI is InChI=1S/C15H19NOP2/c17-11-15(16(18)19)10-12-6-8-14(9-7-12)13-4-2-1-3-5-13/h1-9,15,17H,10-11,18-19H2/t15-/m1/s1. The van der Waals surface area contributed by atoms with Gasteiger partial charge in [0, 0.05) is 6.04 Å². The molecule has 0 aromatic heterocycles.